The van der Waals surface area contributed by atoms with E-state index in [4.69, 9.17) is 16.7 Å². The number of amides is 1. The van der Waals surface area contributed by atoms with Crippen molar-refractivity contribution in [3.63, 3.8) is 0 Å². The van der Waals surface area contributed by atoms with Crippen LogP contribution in [0.2, 0.25) is 5.02 Å². The summed E-state index contributed by atoms with van der Waals surface area (Å²) in [4.78, 5) is 22.7. The number of hydrogen-bond donors (Lipinski definition) is 2. The van der Waals surface area contributed by atoms with Crippen LogP contribution in [-0.4, -0.2) is 23.0 Å². The van der Waals surface area contributed by atoms with Gasteiger partial charge < -0.3 is 10.4 Å². The molecule has 0 aliphatic heterocycles. The molecule has 0 radical (unpaired) electrons. The number of carboxylic acids is 1. The van der Waals surface area contributed by atoms with Crippen LogP contribution in [0.25, 0.3) is 6.08 Å². The highest BCUT2D eigenvalue weighted by atomic mass is 35.5. The van der Waals surface area contributed by atoms with Crippen molar-refractivity contribution in [2.45, 2.75) is 32.2 Å². The van der Waals surface area contributed by atoms with E-state index in [9.17, 15) is 9.59 Å². The van der Waals surface area contributed by atoms with Gasteiger partial charge in [-0.1, -0.05) is 43.5 Å². The number of hydrogen-bond acceptors (Lipinski definition) is 2. The van der Waals surface area contributed by atoms with Gasteiger partial charge >= 0.3 is 5.97 Å². The third-order valence-corrected chi connectivity index (χ3v) is 2.97. The van der Waals surface area contributed by atoms with Gasteiger partial charge in [0.05, 0.1) is 0 Å². The van der Waals surface area contributed by atoms with E-state index < -0.39 is 17.9 Å². The van der Waals surface area contributed by atoms with Crippen LogP contribution < -0.4 is 5.32 Å². The highest BCUT2D eigenvalue weighted by Crippen LogP contribution is 2.11. The molecule has 0 saturated carbocycles. The number of aliphatic carboxylic acids is 1. The zero-order chi connectivity index (χ0) is 15.0. The van der Waals surface area contributed by atoms with Gasteiger partial charge in [-0.15, -0.1) is 0 Å². The lowest BCUT2D eigenvalue weighted by Crippen LogP contribution is -2.39. The summed E-state index contributed by atoms with van der Waals surface area (Å²) in [5, 5.41) is 12.1. The molecule has 1 atom stereocenters. The number of halogens is 1. The Kier molecular flexibility index (Phi) is 6.81. The highest BCUT2D eigenvalue weighted by molar-refractivity contribution is 6.30. The lowest BCUT2D eigenvalue weighted by atomic mass is 10.1. The molecule has 0 heterocycles. The number of carbonyl (C=O) groups excluding carboxylic acids is 1. The molecule has 20 heavy (non-hydrogen) atoms. The van der Waals surface area contributed by atoms with E-state index >= 15 is 0 Å². The predicted octanol–water partition coefficient (Wildman–Crippen LogP) is 3.11. The van der Waals surface area contributed by atoms with Crippen LogP contribution in [0, 0.1) is 0 Å². The Morgan fingerprint density at radius 2 is 2.20 bits per heavy atom. The van der Waals surface area contributed by atoms with E-state index in [0.29, 0.717) is 11.4 Å². The van der Waals surface area contributed by atoms with E-state index in [1.165, 1.54) is 6.08 Å². The van der Waals surface area contributed by atoms with Crippen molar-refractivity contribution in [2.75, 3.05) is 0 Å². The van der Waals surface area contributed by atoms with Crippen molar-refractivity contribution in [3.05, 3.63) is 40.9 Å². The molecular weight excluding hydrogens is 278 g/mol. The minimum absolute atomic E-state index is 0.423. The largest absolute Gasteiger partial charge is 0.480 e. The zero-order valence-corrected chi connectivity index (χ0v) is 12.1. The fourth-order valence-corrected chi connectivity index (χ4v) is 1.87. The van der Waals surface area contributed by atoms with Crippen molar-refractivity contribution in [3.8, 4) is 0 Å². The van der Waals surface area contributed by atoms with E-state index in [1.807, 2.05) is 6.92 Å². The quantitative estimate of drug-likeness (QED) is 0.760. The monoisotopic (exact) mass is 295 g/mol. The van der Waals surface area contributed by atoms with E-state index in [2.05, 4.69) is 5.32 Å². The fraction of sp³-hybridized carbons (Fsp3) is 0.333. The molecule has 0 saturated heterocycles. The third-order valence-electron chi connectivity index (χ3n) is 2.74. The summed E-state index contributed by atoms with van der Waals surface area (Å²) in [6.45, 7) is 1.97. The maximum Gasteiger partial charge on any atom is 0.326 e. The Morgan fingerprint density at radius 1 is 1.45 bits per heavy atom. The Hall–Kier alpha value is -1.81. The van der Waals surface area contributed by atoms with Crippen LogP contribution in [0.4, 0.5) is 0 Å². The van der Waals surface area contributed by atoms with Gasteiger partial charge in [0, 0.05) is 11.1 Å². The summed E-state index contributed by atoms with van der Waals surface area (Å²) in [7, 11) is 0. The Bertz CT molecular complexity index is 500. The molecule has 1 rings (SSSR count). The molecule has 2 N–H and O–H groups in total. The zero-order valence-electron chi connectivity index (χ0n) is 11.3. The highest BCUT2D eigenvalue weighted by Gasteiger charge is 2.17. The molecule has 1 aromatic rings. The molecule has 1 aromatic carbocycles. The van der Waals surface area contributed by atoms with Crippen molar-refractivity contribution in [1.82, 2.24) is 5.32 Å². The fourth-order valence-electron chi connectivity index (χ4n) is 1.67. The number of rotatable bonds is 7. The van der Waals surface area contributed by atoms with E-state index in [-0.39, 0.29) is 0 Å². The summed E-state index contributed by atoms with van der Waals surface area (Å²) in [6, 6.07) is 6.20. The van der Waals surface area contributed by atoms with Crippen LogP contribution in [-0.2, 0) is 9.59 Å². The minimum Gasteiger partial charge on any atom is -0.480 e. The van der Waals surface area contributed by atoms with Gasteiger partial charge in [0.2, 0.25) is 5.91 Å². The molecule has 108 valence electrons. The summed E-state index contributed by atoms with van der Waals surface area (Å²) in [6.07, 6.45) is 4.99. The number of unbranched alkanes of at least 4 members (excludes halogenated alkanes) is 1. The molecular formula is C15H18ClNO3. The summed E-state index contributed by atoms with van der Waals surface area (Å²) in [5.74, 6) is -1.43. The van der Waals surface area contributed by atoms with E-state index in [1.54, 1.807) is 30.3 Å². The Balaban J connectivity index is 2.59. The maximum atomic E-state index is 11.7. The Morgan fingerprint density at radius 3 is 2.80 bits per heavy atom. The smallest absolute Gasteiger partial charge is 0.326 e. The first kappa shape index (κ1) is 16.2. The van der Waals surface area contributed by atoms with Crippen LogP contribution in [0.3, 0.4) is 0 Å². The van der Waals surface area contributed by atoms with Crippen LogP contribution in [0.5, 0.6) is 0 Å². The van der Waals surface area contributed by atoms with E-state index in [0.717, 1.165) is 18.4 Å². The first-order chi connectivity index (χ1) is 9.52. The molecule has 1 amide bonds. The molecule has 0 aliphatic rings. The van der Waals surface area contributed by atoms with Gasteiger partial charge in [-0.3, -0.25) is 4.79 Å². The van der Waals surface area contributed by atoms with Gasteiger partial charge in [0.25, 0.3) is 0 Å². The number of benzene rings is 1. The molecule has 0 spiro atoms. The van der Waals surface area contributed by atoms with Crippen molar-refractivity contribution in [1.29, 1.82) is 0 Å². The van der Waals surface area contributed by atoms with Gasteiger partial charge in [0.15, 0.2) is 0 Å². The SMILES string of the molecule is CCCC[C@H](NC(=O)/C=C/c1cccc(Cl)c1)C(=O)O. The average molecular weight is 296 g/mol. The van der Waals surface area contributed by atoms with Gasteiger partial charge in [0.1, 0.15) is 6.04 Å². The van der Waals surface area contributed by atoms with Crippen LogP contribution >= 0.6 is 11.6 Å². The summed E-state index contributed by atoms with van der Waals surface area (Å²) in [5.41, 5.74) is 0.785. The van der Waals surface area contributed by atoms with Crippen molar-refractivity contribution >= 4 is 29.6 Å². The molecule has 0 bridgehead atoms. The lowest BCUT2D eigenvalue weighted by molar-refractivity contribution is -0.141. The second-order valence-electron chi connectivity index (χ2n) is 4.43. The van der Waals surface area contributed by atoms with Crippen molar-refractivity contribution in [2.24, 2.45) is 0 Å². The second kappa shape index (κ2) is 8.38. The average Bonchev–Trinajstić information content (AvgIpc) is 2.41. The molecule has 0 unspecified atom stereocenters. The number of carboxylic acid groups (broad SMARTS) is 1. The first-order valence-electron chi connectivity index (χ1n) is 6.50. The number of nitrogens with one attached hydrogen (secondary N) is 1. The topological polar surface area (TPSA) is 66.4 Å². The minimum atomic E-state index is -1.01. The maximum absolute atomic E-state index is 11.7. The van der Waals surface area contributed by atoms with Gasteiger partial charge in [-0.2, -0.15) is 0 Å². The second-order valence-corrected chi connectivity index (χ2v) is 4.87. The number of carbonyl (C=O) groups is 2. The summed E-state index contributed by atoms with van der Waals surface area (Å²) < 4.78 is 0. The van der Waals surface area contributed by atoms with Crippen LogP contribution in [0.1, 0.15) is 31.7 Å². The van der Waals surface area contributed by atoms with Gasteiger partial charge in [-0.05, 0) is 30.2 Å². The third kappa shape index (κ3) is 5.89. The standard InChI is InChI=1S/C15H18ClNO3/c1-2-3-7-13(15(19)20)17-14(18)9-8-11-5-4-6-12(16)10-11/h4-6,8-10,13H,2-3,7H2,1H3,(H,17,18)(H,19,20)/b9-8+/t13-/m0/s1. The van der Waals surface area contributed by atoms with Crippen LogP contribution in [0.15, 0.2) is 30.3 Å². The molecule has 0 aromatic heterocycles. The summed E-state index contributed by atoms with van der Waals surface area (Å²) >= 11 is 5.83. The molecule has 4 nitrogen and oxygen atoms in total. The molecule has 5 heteroatoms. The lowest BCUT2D eigenvalue weighted by Gasteiger charge is -2.12. The molecule has 0 fully saturated rings. The van der Waals surface area contributed by atoms with Gasteiger partial charge in [-0.25, -0.2) is 4.79 Å². The Labute approximate surface area is 123 Å². The first-order valence-corrected chi connectivity index (χ1v) is 6.87. The predicted molar refractivity (Wildman–Crippen MR) is 79.6 cm³/mol. The normalized spacial score (nSPS) is 12.3. The van der Waals surface area contributed by atoms with Crippen molar-refractivity contribution < 1.29 is 14.7 Å². The molecule has 0 aliphatic carbocycles.